The Morgan fingerprint density at radius 3 is 2.20 bits per heavy atom. The Morgan fingerprint density at radius 1 is 0.869 bits per heavy atom. The standard InChI is InChI=1S/C48H49N5O7S/c1-29(61)13-14-47(55)51-35-16-30(27-59-45-22-39(34(26-54)20-43(45)57-3)49-24-36-18-32-9-5-7-11-41(32)52(36)2)15-31(17-35)28-60-46-23-40-38(21-44(46)58-4)48(56)53-37(25-50-40)19-33-10-6-8-12-42(33)53/h5-12,15-17,20-23,25-26,29,36-37,49,61H,13-14,18-19,24,27-28H2,1-4H3,(H,51,55)/t29?,36?,37-/m0/s1. The van der Waals surface area contributed by atoms with Crippen molar-refractivity contribution in [3.05, 3.63) is 124 Å². The maximum Gasteiger partial charge on any atom is 0.261 e. The van der Waals surface area contributed by atoms with Crippen LogP contribution in [0.4, 0.5) is 28.4 Å². The van der Waals surface area contributed by atoms with Crippen LogP contribution < -0.4 is 39.4 Å². The molecule has 3 heterocycles. The molecule has 0 bridgehead atoms. The van der Waals surface area contributed by atoms with Gasteiger partial charge in [0.05, 0.1) is 37.6 Å². The number of fused-ring (bicyclic) bond motifs is 5. The second-order valence-electron chi connectivity index (χ2n) is 15.6. The van der Waals surface area contributed by atoms with E-state index in [0.717, 1.165) is 35.1 Å². The molecule has 0 radical (unpaired) electrons. The van der Waals surface area contributed by atoms with Gasteiger partial charge in [-0.15, -0.1) is 0 Å². The van der Waals surface area contributed by atoms with Crippen LogP contribution >= 0.6 is 12.6 Å². The van der Waals surface area contributed by atoms with Crippen LogP contribution in [0.3, 0.4) is 0 Å². The summed E-state index contributed by atoms with van der Waals surface area (Å²) >= 11 is 4.44. The van der Waals surface area contributed by atoms with Crippen molar-refractivity contribution in [3.8, 4) is 23.0 Å². The Hall–Kier alpha value is -6.47. The van der Waals surface area contributed by atoms with Crippen molar-refractivity contribution in [3.63, 3.8) is 0 Å². The molecule has 3 aliphatic rings. The van der Waals surface area contributed by atoms with Gasteiger partial charge in [-0.2, -0.15) is 12.6 Å². The molecule has 2 amide bonds. The molecule has 2 unspecified atom stereocenters. The number of methoxy groups -OCH3 is 2. The van der Waals surface area contributed by atoms with Crippen molar-refractivity contribution in [1.29, 1.82) is 0 Å². The number of carbonyl (C=O) groups excluding carboxylic acids is 3. The van der Waals surface area contributed by atoms with Crippen molar-refractivity contribution >= 4 is 65.4 Å². The van der Waals surface area contributed by atoms with Gasteiger partial charge in [0.25, 0.3) is 5.91 Å². The minimum absolute atomic E-state index is 0.0768. The average molecular weight is 840 g/mol. The van der Waals surface area contributed by atoms with E-state index in [-0.39, 0.29) is 42.4 Å². The smallest absolute Gasteiger partial charge is 0.261 e. The quantitative estimate of drug-likeness (QED) is 0.0662. The topological polar surface area (TPSA) is 131 Å². The highest BCUT2D eigenvalue weighted by Crippen LogP contribution is 2.41. The summed E-state index contributed by atoms with van der Waals surface area (Å²) in [6.45, 7) is 2.78. The van der Waals surface area contributed by atoms with Crippen LogP contribution in [0, 0.1) is 0 Å². The number of benzene rings is 5. The summed E-state index contributed by atoms with van der Waals surface area (Å²) in [4.78, 5) is 48.0. The van der Waals surface area contributed by atoms with Crippen LogP contribution in [-0.2, 0) is 30.8 Å². The van der Waals surface area contributed by atoms with Gasteiger partial charge in [-0.1, -0.05) is 43.3 Å². The monoisotopic (exact) mass is 839 g/mol. The van der Waals surface area contributed by atoms with Gasteiger partial charge < -0.3 is 34.5 Å². The number of hydrogen-bond acceptors (Lipinski definition) is 11. The number of carbonyl (C=O) groups is 3. The van der Waals surface area contributed by atoms with Crippen molar-refractivity contribution in [2.45, 2.75) is 63.2 Å². The zero-order valence-electron chi connectivity index (χ0n) is 34.6. The summed E-state index contributed by atoms with van der Waals surface area (Å²) in [6, 6.07) is 28.8. The fourth-order valence-electron chi connectivity index (χ4n) is 8.23. The Balaban J connectivity index is 1.02. The van der Waals surface area contributed by atoms with Gasteiger partial charge in [0.2, 0.25) is 5.91 Å². The minimum atomic E-state index is -0.189. The summed E-state index contributed by atoms with van der Waals surface area (Å²) < 4.78 is 24.2. The number of rotatable bonds is 16. The summed E-state index contributed by atoms with van der Waals surface area (Å²) in [5.74, 6) is 1.37. The predicted molar refractivity (Wildman–Crippen MR) is 243 cm³/mol. The molecular weight excluding hydrogens is 791 g/mol. The molecule has 61 heavy (non-hydrogen) atoms. The first-order valence-corrected chi connectivity index (χ1v) is 20.9. The SMILES string of the molecule is COc1cc2c(cc1OCc1cc(COc3cc(NCC4Cc5ccccc5N4C)c(C=O)cc3OC)cc(NC(=O)CCC(C)S)c1)N=C[C@@H]1Cc3ccccc3N1C2=O. The van der Waals surface area contributed by atoms with Crippen LogP contribution in [-0.4, -0.2) is 69.5 Å². The highest BCUT2D eigenvalue weighted by Gasteiger charge is 2.36. The number of hydrogen-bond donors (Lipinski definition) is 3. The van der Waals surface area contributed by atoms with E-state index in [0.29, 0.717) is 77.0 Å². The largest absolute Gasteiger partial charge is 0.493 e. The molecule has 0 fully saturated rings. The van der Waals surface area contributed by atoms with E-state index in [1.165, 1.54) is 25.5 Å². The third-order valence-corrected chi connectivity index (χ3v) is 11.7. The average Bonchev–Trinajstić information content (AvgIpc) is 3.77. The zero-order chi connectivity index (χ0) is 42.6. The number of aldehydes is 1. The highest BCUT2D eigenvalue weighted by molar-refractivity contribution is 7.80. The van der Waals surface area contributed by atoms with Crippen molar-refractivity contribution < 1.29 is 33.3 Å². The lowest BCUT2D eigenvalue weighted by Crippen LogP contribution is -2.37. The number of likely N-dealkylation sites (N-methyl/N-ethyl adjacent to an activating group) is 1. The Bertz CT molecular complexity index is 2510. The number of anilines is 4. The van der Waals surface area contributed by atoms with Crippen LogP contribution in [0.1, 0.15) is 62.7 Å². The number of para-hydroxylation sites is 2. The Morgan fingerprint density at radius 2 is 1.52 bits per heavy atom. The lowest BCUT2D eigenvalue weighted by Gasteiger charge is -2.24. The fraction of sp³-hybridized carbons (Fsp3) is 0.292. The van der Waals surface area contributed by atoms with Crippen LogP contribution in [0.15, 0.2) is 96.0 Å². The van der Waals surface area contributed by atoms with Gasteiger partial charge in [0.1, 0.15) is 13.2 Å². The summed E-state index contributed by atoms with van der Waals surface area (Å²) in [5, 5.41) is 6.59. The summed E-state index contributed by atoms with van der Waals surface area (Å²) in [5.41, 5.74) is 8.57. The fourth-order valence-corrected chi connectivity index (χ4v) is 8.36. The van der Waals surface area contributed by atoms with Gasteiger partial charge in [0, 0.05) is 73.1 Å². The summed E-state index contributed by atoms with van der Waals surface area (Å²) in [6.07, 6.45) is 5.14. The highest BCUT2D eigenvalue weighted by atomic mass is 32.1. The maximum atomic E-state index is 13.9. The molecule has 5 aromatic rings. The molecule has 0 aliphatic carbocycles. The van der Waals surface area contributed by atoms with Crippen molar-refractivity contribution in [1.82, 2.24) is 0 Å². The van der Waals surface area contributed by atoms with Crippen molar-refractivity contribution in [2.24, 2.45) is 4.99 Å². The number of nitrogens with one attached hydrogen (secondary N) is 2. The van der Waals surface area contributed by atoms with E-state index in [1.807, 2.05) is 61.7 Å². The van der Waals surface area contributed by atoms with Crippen LogP contribution in [0.25, 0.3) is 0 Å². The summed E-state index contributed by atoms with van der Waals surface area (Å²) in [7, 11) is 5.15. The molecule has 2 N–H and O–H groups in total. The van der Waals surface area contributed by atoms with Crippen LogP contribution in [0.5, 0.6) is 23.0 Å². The van der Waals surface area contributed by atoms with E-state index in [9.17, 15) is 14.4 Å². The second-order valence-corrected chi connectivity index (χ2v) is 16.5. The second kappa shape index (κ2) is 18.0. The lowest BCUT2D eigenvalue weighted by atomic mass is 10.1. The Labute approximate surface area is 361 Å². The molecule has 8 rings (SSSR count). The molecule has 13 heteroatoms. The third kappa shape index (κ3) is 8.88. The van der Waals surface area contributed by atoms with Gasteiger partial charge >= 0.3 is 0 Å². The van der Waals surface area contributed by atoms with Crippen molar-refractivity contribution in [2.75, 3.05) is 48.2 Å². The van der Waals surface area contributed by atoms with E-state index < -0.39 is 0 Å². The normalized spacial score (nSPS) is 16.4. The number of thiol groups is 1. The molecular formula is C48H49N5O7S. The number of amides is 2. The van der Waals surface area contributed by atoms with E-state index in [4.69, 9.17) is 23.9 Å². The molecule has 12 nitrogen and oxygen atoms in total. The number of nitrogens with zero attached hydrogens (tertiary/aromatic N) is 3. The maximum absolute atomic E-state index is 13.9. The number of ether oxygens (including phenoxy) is 4. The molecule has 3 atom stereocenters. The first kappa shape index (κ1) is 41.3. The molecule has 314 valence electrons. The van der Waals surface area contributed by atoms with Crippen LogP contribution in [0.2, 0.25) is 0 Å². The molecule has 0 spiro atoms. The predicted octanol–water partition coefficient (Wildman–Crippen LogP) is 8.47. The Kier molecular flexibility index (Phi) is 12.2. The number of aliphatic imine (C=N–C) groups is 1. The molecule has 0 aromatic heterocycles. The van der Waals surface area contributed by atoms with E-state index in [2.05, 4.69) is 53.4 Å². The van der Waals surface area contributed by atoms with Gasteiger partial charge in [-0.3, -0.25) is 24.3 Å². The molecule has 5 aromatic carbocycles. The lowest BCUT2D eigenvalue weighted by molar-refractivity contribution is -0.116. The van der Waals surface area contributed by atoms with Gasteiger partial charge in [-0.05, 0) is 82.8 Å². The van der Waals surface area contributed by atoms with E-state index in [1.54, 1.807) is 29.2 Å². The molecule has 3 aliphatic heterocycles. The first-order chi connectivity index (χ1) is 29.6. The molecule has 0 saturated heterocycles. The minimum Gasteiger partial charge on any atom is -0.493 e. The van der Waals surface area contributed by atoms with Gasteiger partial charge in [0.15, 0.2) is 29.3 Å². The van der Waals surface area contributed by atoms with E-state index >= 15 is 0 Å². The third-order valence-electron chi connectivity index (χ3n) is 11.4. The molecule has 0 saturated carbocycles. The van der Waals surface area contributed by atoms with Gasteiger partial charge in [-0.25, -0.2) is 0 Å². The first-order valence-electron chi connectivity index (χ1n) is 20.4. The zero-order valence-corrected chi connectivity index (χ0v) is 35.5.